The summed E-state index contributed by atoms with van der Waals surface area (Å²) >= 11 is 0. The normalized spacial score (nSPS) is 17.9. The summed E-state index contributed by atoms with van der Waals surface area (Å²) < 4.78 is 0. The number of hydrogen-bond acceptors (Lipinski definition) is 3. The van der Waals surface area contributed by atoms with Crippen LogP contribution < -0.4 is 0 Å². The minimum Gasteiger partial charge on any atom is -0.236 e. The first-order chi connectivity index (χ1) is 7.57. The third-order valence-electron chi connectivity index (χ3n) is 3.31. The average Bonchev–Trinajstić information content (AvgIpc) is 2.16. The molecule has 1 saturated carbocycles. The second-order valence-corrected chi connectivity index (χ2v) is 4.96. The standard InChI is InChI=1S/C13H17N3/c1-9(2)11-7-10(3)15-12(16-11)13(8-14)5-4-6-13/h7,9H,4-6H2,1-3H3. The van der Waals surface area contributed by atoms with Gasteiger partial charge in [0.05, 0.1) is 6.07 Å². The number of nitriles is 1. The molecule has 0 spiro atoms. The van der Waals surface area contributed by atoms with E-state index in [1.54, 1.807) is 0 Å². The van der Waals surface area contributed by atoms with Gasteiger partial charge < -0.3 is 0 Å². The van der Waals surface area contributed by atoms with Crippen molar-refractivity contribution in [3.05, 3.63) is 23.3 Å². The molecule has 0 bridgehead atoms. The largest absolute Gasteiger partial charge is 0.236 e. The Hall–Kier alpha value is -1.43. The van der Waals surface area contributed by atoms with E-state index in [9.17, 15) is 5.26 Å². The van der Waals surface area contributed by atoms with Crippen LogP contribution in [0.25, 0.3) is 0 Å². The van der Waals surface area contributed by atoms with Gasteiger partial charge in [-0.05, 0) is 38.2 Å². The molecular weight excluding hydrogens is 198 g/mol. The Morgan fingerprint density at radius 1 is 1.38 bits per heavy atom. The van der Waals surface area contributed by atoms with Crippen molar-refractivity contribution in [2.75, 3.05) is 0 Å². The Balaban J connectivity index is 2.45. The van der Waals surface area contributed by atoms with Crippen molar-refractivity contribution < 1.29 is 0 Å². The van der Waals surface area contributed by atoms with Crippen molar-refractivity contribution in [2.24, 2.45) is 0 Å². The molecule has 3 nitrogen and oxygen atoms in total. The average molecular weight is 215 g/mol. The second kappa shape index (κ2) is 3.86. The molecule has 84 valence electrons. The number of hydrogen-bond donors (Lipinski definition) is 0. The quantitative estimate of drug-likeness (QED) is 0.762. The van der Waals surface area contributed by atoms with Crippen LogP contribution in [0.4, 0.5) is 0 Å². The molecule has 1 aromatic heterocycles. The predicted octanol–water partition coefficient (Wildman–Crippen LogP) is 2.85. The van der Waals surface area contributed by atoms with Crippen molar-refractivity contribution in [2.45, 2.75) is 51.4 Å². The summed E-state index contributed by atoms with van der Waals surface area (Å²) in [4.78, 5) is 9.01. The van der Waals surface area contributed by atoms with Crippen LogP contribution in [0.15, 0.2) is 6.07 Å². The highest BCUT2D eigenvalue weighted by molar-refractivity contribution is 5.27. The van der Waals surface area contributed by atoms with E-state index in [0.717, 1.165) is 36.5 Å². The van der Waals surface area contributed by atoms with Crippen molar-refractivity contribution in [1.82, 2.24) is 9.97 Å². The highest BCUT2D eigenvalue weighted by Gasteiger charge is 2.42. The lowest BCUT2D eigenvalue weighted by molar-refractivity contribution is 0.305. The van der Waals surface area contributed by atoms with Gasteiger partial charge in [0.25, 0.3) is 0 Å². The predicted molar refractivity (Wildman–Crippen MR) is 62.0 cm³/mol. The first-order valence-electron chi connectivity index (χ1n) is 5.85. The van der Waals surface area contributed by atoms with Gasteiger partial charge in [-0.1, -0.05) is 13.8 Å². The Morgan fingerprint density at radius 3 is 2.50 bits per heavy atom. The van der Waals surface area contributed by atoms with E-state index in [1.807, 2.05) is 13.0 Å². The third kappa shape index (κ3) is 1.69. The van der Waals surface area contributed by atoms with E-state index < -0.39 is 5.41 Å². The summed E-state index contributed by atoms with van der Waals surface area (Å²) in [5.74, 6) is 1.13. The van der Waals surface area contributed by atoms with Gasteiger partial charge in [0.1, 0.15) is 11.2 Å². The van der Waals surface area contributed by atoms with Crippen LogP contribution in [0.2, 0.25) is 0 Å². The molecular formula is C13H17N3. The lowest BCUT2D eigenvalue weighted by Gasteiger charge is -2.33. The number of aromatic nitrogens is 2. The maximum atomic E-state index is 9.28. The summed E-state index contributed by atoms with van der Waals surface area (Å²) in [7, 11) is 0. The summed E-state index contributed by atoms with van der Waals surface area (Å²) in [6.45, 7) is 6.21. The number of aryl methyl sites for hydroxylation is 1. The van der Waals surface area contributed by atoms with Crippen LogP contribution in [-0.4, -0.2) is 9.97 Å². The molecule has 1 fully saturated rings. The second-order valence-electron chi connectivity index (χ2n) is 4.96. The molecule has 2 rings (SSSR count). The van der Waals surface area contributed by atoms with Crippen molar-refractivity contribution in [1.29, 1.82) is 5.26 Å². The number of rotatable bonds is 2. The van der Waals surface area contributed by atoms with Crippen LogP contribution in [-0.2, 0) is 5.41 Å². The molecule has 0 saturated heterocycles. The molecule has 1 heterocycles. The molecule has 1 aromatic rings. The number of nitrogens with zero attached hydrogens (tertiary/aromatic N) is 3. The topological polar surface area (TPSA) is 49.6 Å². The van der Waals surface area contributed by atoms with Crippen LogP contribution in [0, 0.1) is 18.3 Å². The van der Waals surface area contributed by atoms with Crippen LogP contribution in [0.1, 0.15) is 56.2 Å². The molecule has 0 aliphatic heterocycles. The lowest BCUT2D eigenvalue weighted by atomic mass is 9.69. The van der Waals surface area contributed by atoms with Gasteiger partial charge in [-0.25, -0.2) is 9.97 Å². The van der Waals surface area contributed by atoms with Gasteiger partial charge in [0.2, 0.25) is 0 Å². The van der Waals surface area contributed by atoms with Gasteiger partial charge in [-0.3, -0.25) is 0 Å². The van der Waals surface area contributed by atoms with Crippen LogP contribution in [0.5, 0.6) is 0 Å². The van der Waals surface area contributed by atoms with Gasteiger partial charge in [0, 0.05) is 11.4 Å². The van der Waals surface area contributed by atoms with Gasteiger partial charge in [-0.15, -0.1) is 0 Å². The molecule has 3 heteroatoms. The van der Waals surface area contributed by atoms with E-state index in [1.165, 1.54) is 0 Å². The fourth-order valence-corrected chi connectivity index (χ4v) is 2.02. The Kier molecular flexibility index (Phi) is 2.67. The van der Waals surface area contributed by atoms with Crippen LogP contribution in [0.3, 0.4) is 0 Å². The molecule has 0 N–H and O–H groups in total. The molecule has 0 amide bonds. The highest BCUT2D eigenvalue weighted by atomic mass is 14.9. The molecule has 0 unspecified atom stereocenters. The third-order valence-corrected chi connectivity index (χ3v) is 3.31. The molecule has 0 radical (unpaired) electrons. The molecule has 0 aromatic carbocycles. The minimum absolute atomic E-state index is 0.385. The van der Waals surface area contributed by atoms with E-state index in [-0.39, 0.29) is 0 Å². The first kappa shape index (κ1) is 11.1. The molecule has 16 heavy (non-hydrogen) atoms. The Morgan fingerprint density at radius 2 is 2.06 bits per heavy atom. The smallest absolute Gasteiger partial charge is 0.149 e. The van der Waals surface area contributed by atoms with Crippen molar-refractivity contribution in [3.8, 4) is 6.07 Å². The summed E-state index contributed by atoms with van der Waals surface area (Å²) in [6, 6.07) is 4.41. The summed E-state index contributed by atoms with van der Waals surface area (Å²) in [6.07, 6.45) is 2.93. The van der Waals surface area contributed by atoms with Crippen molar-refractivity contribution in [3.63, 3.8) is 0 Å². The fourth-order valence-electron chi connectivity index (χ4n) is 2.02. The lowest BCUT2D eigenvalue weighted by Crippen LogP contribution is -2.35. The Labute approximate surface area is 96.5 Å². The van der Waals surface area contributed by atoms with Crippen molar-refractivity contribution >= 4 is 0 Å². The maximum absolute atomic E-state index is 9.28. The SMILES string of the molecule is Cc1cc(C(C)C)nc(C2(C#N)CCC2)n1. The maximum Gasteiger partial charge on any atom is 0.149 e. The van der Waals surface area contributed by atoms with Gasteiger partial charge >= 0.3 is 0 Å². The summed E-state index contributed by atoms with van der Waals surface area (Å²) in [5.41, 5.74) is 1.62. The van der Waals surface area contributed by atoms with E-state index in [2.05, 4.69) is 29.9 Å². The van der Waals surface area contributed by atoms with E-state index >= 15 is 0 Å². The monoisotopic (exact) mass is 215 g/mol. The van der Waals surface area contributed by atoms with E-state index in [0.29, 0.717) is 5.92 Å². The zero-order chi connectivity index (χ0) is 11.8. The molecule has 0 atom stereocenters. The summed E-state index contributed by atoms with van der Waals surface area (Å²) in [5, 5.41) is 9.28. The molecule has 1 aliphatic carbocycles. The first-order valence-corrected chi connectivity index (χ1v) is 5.85. The molecule has 1 aliphatic rings. The zero-order valence-corrected chi connectivity index (χ0v) is 10.1. The Bertz CT molecular complexity index is 439. The van der Waals surface area contributed by atoms with Gasteiger partial charge in [-0.2, -0.15) is 5.26 Å². The fraction of sp³-hybridized carbons (Fsp3) is 0.615. The highest BCUT2D eigenvalue weighted by Crippen LogP contribution is 2.41. The van der Waals surface area contributed by atoms with Crippen LogP contribution >= 0.6 is 0 Å². The van der Waals surface area contributed by atoms with E-state index in [4.69, 9.17) is 0 Å². The zero-order valence-electron chi connectivity index (χ0n) is 10.1. The minimum atomic E-state index is -0.393. The van der Waals surface area contributed by atoms with Gasteiger partial charge in [0.15, 0.2) is 0 Å².